The average Bonchev–Trinajstić information content (AvgIpc) is 2.40. The van der Waals surface area contributed by atoms with E-state index in [9.17, 15) is 9.18 Å². The van der Waals surface area contributed by atoms with Crippen molar-refractivity contribution in [1.29, 1.82) is 0 Å². The highest BCUT2D eigenvalue weighted by atomic mass is 19.1. The Morgan fingerprint density at radius 3 is 3.00 bits per heavy atom. The Hall–Kier alpha value is -2.06. The van der Waals surface area contributed by atoms with Crippen LogP contribution in [0.4, 0.5) is 9.18 Å². The van der Waals surface area contributed by atoms with E-state index < -0.39 is 11.9 Å². The molecule has 0 aromatic heterocycles. The number of carbonyl (C=O) groups excluding carboxylic acids is 1. The van der Waals surface area contributed by atoms with Gasteiger partial charge < -0.3 is 15.2 Å². The molecule has 0 aliphatic carbocycles. The summed E-state index contributed by atoms with van der Waals surface area (Å²) in [6.07, 6.45) is -0.216. The lowest BCUT2D eigenvalue weighted by atomic mass is 10.1. The Morgan fingerprint density at radius 1 is 1.53 bits per heavy atom. The van der Waals surface area contributed by atoms with Crippen molar-refractivity contribution < 1.29 is 19.0 Å². The number of alkyl carbamates (subject to hydrolysis) is 1. The molecule has 0 aliphatic rings. The molecule has 1 aromatic rings. The van der Waals surface area contributed by atoms with Crippen LogP contribution in [0.25, 0.3) is 0 Å². The summed E-state index contributed by atoms with van der Waals surface area (Å²) in [6.45, 7) is 1.99. The molecule has 0 fully saturated rings. The molecule has 0 spiro atoms. The largest absolute Gasteiger partial charge is 0.450 e. The Bertz CT molecular complexity index is 491. The molecular weight excluding hydrogens is 249 g/mol. The lowest BCUT2D eigenvalue weighted by Crippen LogP contribution is -2.24. The van der Waals surface area contributed by atoms with Crippen molar-refractivity contribution in [3.63, 3.8) is 0 Å². The normalized spacial score (nSPS) is 9.42. The van der Waals surface area contributed by atoms with Crippen molar-refractivity contribution in [3.8, 4) is 11.8 Å². The van der Waals surface area contributed by atoms with Crippen LogP contribution in [0, 0.1) is 17.7 Å². The fraction of sp³-hybridized carbons (Fsp3) is 0.357. The van der Waals surface area contributed by atoms with Gasteiger partial charge >= 0.3 is 6.09 Å². The van der Waals surface area contributed by atoms with Gasteiger partial charge in [0.15, 0.2) is 0 Å². The zero-order valence-electron chi connectivity index (χ0n) is 10.7. The first-order valence-corrected chi connectivity index (χ1v) is 5.96. The smallest absolute Gasteiger partial charge is 0.407 e. The third kappa shape index (κ3) is 5.40. The lowest BCUT2D eigenvalue weighted by molar-refractivity contribution is 0.151. The molecule has 0 saturated carbocycles. The van der Waals surface area contributed by atoms with Crippen LogP contribution in [0.3, 0.4) is 0 Å². The van der Waals surface area contributed by atoms with E-state index in [-0.39, 0.29) is 19.8 Å². The molecule has 0 aliphatic heterocycles. The zero-order chi connectivity index (χ0) is 14.1. The van der Waals surface area contributed by atoms with Gasteiger partial charge in [0.2, 0.25) is 0 Å². The number of carbonyl (C=O) groups is 1. The van der Waals surface area contributed by atoms with Gasteiger partial charge in [-0.25, -0.2) is 9.18 Å². The fourth-order valence-corrected chi connectivity index (χ4v) is 1.36. The maximum Gasteiger partial charge on any atom is 0.407 e. The van der Waals surface area contributed by atoms with Gasteiger partial charge in [-0.15, -0.1) is 0 Å². The van der Waals surface area contributed by atoms with Crippen molar-refractivity contribution in [1.82, 2.24) is 5.32 Å². The number of benzene rings is 1. The van der Waals surface area contributed by atoms with Crippen molar-refractivity contribution in [3.05, 3.63) is 35.1 Å². The summed E-state index contributed by atoms with van der Waals surface area (Å²) in [7, 11) is 0. The van der Waals surface area contributed by atoms with Gasteiger partial charge in [-0.2, -0.15) is 0 Å². The van der Waals surface area contributed by atoms with Crippen LogP contribution in [0.1, 0.15) is 24.5 Å². The highest BCUT2D eigenvalue weighted by Crippen LogP contribution is 2.10. The first-order chi connectivity index (χ1) is 9.17. The zero-order valence-corrected chi connectivity index (χ0v) is 10.7. The number of rotatable bonds is 4. The van der Waals surface area contributed by atoms with E-state index in [2.05, 4.69) is 21.9 Å². The molecule has 2 N–H and O–H groups in total. The molecule has 0 radical (unpaired) electrons. The molecule has 0 unspecified atom stereocenters. The molecule has 1 amide bonds. The third-order valence-electron chi connectivity index (χ3n) is 2.21. The third-order valence-corrected chi connectivity index (χ3v) is 2.21. The topological polar surface area (TPSA) is 58.6 Å². The summed E-state index contributed by atoms with van der Waals surface area (Å²) in [6, 6.07) is 4.41. The number of amides is 1. The standard InChI is InChI=1S/C14H16FNO3/c1-2-19-14(18)16-10-12-9-11(5-3-4-8-17)6-7-13(12)15/h6-7,9,17H,2,4,8,10H2,1H3,(H,16,18). The van der Waals surface area contributed by atoms with Crippen LogP contribution in [0.15, 0.2) is 18.2 Å². The highest BCUT2D eigenvalue weighted by Gasteiger charge is 2.05. The molecule has 0 saturated heterocycles. The number of nitrogens with one attached hydrogen (secondary N) is 1. The summed E-state index contributed by atoms with van der Waals surface area (Å²) >= 11 is 0. The Balaban J connectivity index is 2.70. The summed E-state index contributed by atoms with van der Waals surface area (Å²) in [5.74, 6) is 5.14. The first-order valence-electron chi connectivity index (χ1n) is 5.96. The summed E-state index contributed by atoms with van der Waals surface area (Å²) in [4.78, 5) is 11.1. The monoisotopic (exact) mass is 265 g/mol. The second kappa shape index (κ2) is 8.11. The SMILES string of the molecule is CCOC(=O)NCc1cc(C#CCCO)ccc1F. The summed E-state index contributed by atoms with van der Waals surface area (Å²) in [5, 5.41) is 11.1. The second-order valence-corrected chi connectivity index (χ2v) is 3.66. The Morgan fingerprint density at radius 2 is 2.32 bits per heavy atom. The van der Waals surface area contributed by atoms with Gasteiger partial charge in [-0.05, 0) is 25.1 Å². The van der Waals surface area contributed by atoms with Crippen LogP contribution in [0.2, 0.25) is 0 Å². The first kappa shape index (κ1) is 15.0. The minimum absolute atomic E-state index is 0.00847. The maximum atomic E-state index is 13.5. The van der Waals surface area contributed by atoms with E-state index in [4.69, 9.17) is 5.11 Å². The predicted octanol–water partition coefficient (Wildman–Crippen LogP) is 1.81. The quantitative estimate of drug-likeness (QED) is 0.816. The predicted molar refractivity (Wildman–Crippen MR) is 68.8 cm³/mol. The van der Waals surface area contributed by atoms with E-state index in [1.165, 1.54) is 6.07 Å². The van der Waals surface area contributed by atoms with Gasteiger partial charge in [0.05, 0.1) is 13.2 Å². The van der Waals surface area contributed by atoms with E-state index in [1.807, 2.05) is 0 Å². The van der Waals surface area contributed by atoms with E-state index in [1.54, 1.807) is 19.1 Å². The number of aliphatic hydroxyl groups excluding tert-OH is 1. The van der Waals surface area contributed by atoms with Crippen molar-refractivity contribution in [2.45, 2.75) is 19.9 Å². The van der Waals surface area contributed by atoms with Crippen molar-refractivity contribution in [2.75, 3.05) is 13.2 Å². The maximum absolute atomic E-state index is 13.5. The average molecular weight is 265 g/mol. The van der Waals surface area contributed by atoms with Gasteiger partial charge in [0, 0.05) is 24.1 Å². The molecule has 1 rings (SSSR count). The number of aliphatic hydroxyl groups is 1. The van der Waals surface area contributed by atoms with Crippen molar-refractivity contribution in [2.24, 2.45) is 0 Å². The molecule has 0 heterocycles. The lowest BCUT2D eigenvalue weighted by Gasteiger charge is -2.06. The van der Waals surface area contributed by atoms with Gasteiger partial charge in [-0.3, -0.25) is 0 Å². The van der Waals surface area contributed by atoms with Crippen LogP contribution < -0.4 is 5.32 Å². The van der Waals surface area contributed by atoms with Crippen LogP contribution in [-0.2, 0) is 11.3 Å². The van der Waals surface area contributed by atoms with E-state index >= 15 is 0 Å². The Kier molecular flexibility index (Phi) is 6.41. The van der Waals surface area contributed by atoms with E-state index in [0.29, 0.717) is 17.5 Å². The second-order valence-electron chi connectivity index (χ2n) is 3.66. The van der Waals surface area contributed by atoms with Crippen LogP contribution >= 0.6 is 0 Å². The van der Waals surface area contributed by atoms with Crippen LogP contribution in [0.5, 0.6) is 0 Å². The summed E-state index contributed by atoms with van der Waals surface area (Å²) < 4.78 is 18.2. The molecule has 1 aromatic carbocycles. The van der Waals surface area contributed by atoms with Crippen molar-refractivity contribution >= 4 is 6.09 Å². The van der Waals surface area contributed by atoms with Gasteiger partial charge in [-0.1, -0.05) is 11.8 Å². The minimum atomic E-state index is -0.585. The van der Waals surface area contributed by atoms with Crippen LogP contribution in [-0.4, -0.2) is 24.4 Å². The molecule has 102 valence electrons. The number of ether oxygens (including phenoxy) is 1. The molecule has 4 nitrogen and oxygen atoms in total. The molecule has 0 atom stereocenters. The minimum Gasteiger partial charge on any atom is -0.450 e. The number of halogens is 1. The summed E-state index contributed by atoms with van der Waals surface area (Å²) in [5.41, 5.74) is 0.972. The van der Waals surface area contributed by atoms with E-state index in [0.717, 1.165) is 0 Å². The number of hydrogen-bond donors (Lipinski definition) is 2. The molecular formula is C14H16FNO3. The number of hydrogen-bond acceptors (Lipinski definition) is 3. The van der Waals surface area contributed by atoms with Gasteiger partial charge in [0.25, 0.3) is 0 Å². The van der Waals surface area contributed by atoms with Gasteiger partial charge in [0.1, 0.15) is 5.82 Å². The Labute approximate surface area is 111 Å². The molecule has 5 heteroatoms. The highest BCUT2D eigenvalue weighted by molar-refractivity contribution is 5.67. The molecule has 0 bridgehead atoms. The fourth-order valence-electron chi connectivity index (χ4n) is 1.36. The molecule has 19 heavy (non-hydrogen) atoms.